The second-order valence-corrected chi connectivity index (χ2v) is 4.87. The van der Waals surface area contributed by atoms with Crippen molar-refractivity contribution < 1.29 is 14.3 Å². The Morgan fingerprint density at radius 1 is 1.60 bits per heavy atom. The predicted octanol–water partition coefficient (Wildman–Crippen LogP) is 2.64. The van der Waals surface area contributed by atoms with Crippen molar-refractivity contribution in [2.24, 2.45) is 0 Å². The lowest BCUT2D eigenvalue weighted by Gasteiger charge is -2.26. The molecule has 0 bridgehead atoms. The fraction of sp³-hybridized carbons (Fsp3) is 0.438. The average Bonchev–Trinajstić information content (AvgIpc) is 2.47. The van der Waals surface area contributed by atoms with E-state index < -0.39 is 0 Å². The number of benzene rings is 1. The van der Waals surface area contributed by atoms with Crippen LogP contribution in [0.3, 0.4) is 0 Å². The fourth-order valence-corrected chi connectivity index (χ4v) is 2.46. The molecule has 1 aromatic carbocycles. The summed E-state index contributed by atoms with van der Waals surface area (Å²) in [6.45, 7) is 4.95. The minimum Gasteiger partial charge on any atom is -0.497 e. The van der Waals surface area contributed by atoms with Gasteiger partial charge in [-0.2, -0.15) is 0 Å². The number of rotatable bonds is 6. The van der Waals surface area contributed by atoms with Crippen molar-refractivity contribution in [3.8, 4) is 11.5 Å². The van der Waals surface area contributed by atoms with E-state index in [0.29, 0.717) is 25.5 Å². The highest BCUT2D eigenvalue weighted by Crippen LogP contribution is 2.37. The number of hydrogen-bond donors (Lipinski definition) is 1. The van der Waals surface area contributed by atoms with Crippen LogP contribution >= 0.6 is 0 Å². The van der Waals surface area contributed by atoms with Crippen LogP contribution in [0.4, 0.5) is 0 Å². The smallest absolute Gasteiger partial charge is 0.223 e. The molecule has 0 saturated heterocycles. The Kier molecular flexibility index (Phi) is 5.04. The lowest BCUT2D eigenvalue weighted by Crippen LogP contribution is -2.26. The first-order valence-corrected chi connectivity index (χ1v) is 6.93. The van der Waals surface area contributed by atoms with Crippen molar-refractivity contribution >= 4 is 5.91 Å². The molecular weight excluding hydrogens is 254 g/mol. The van der Waals surface area contributed by atoms with Crippen LogP contribution in [-0.2, 0) is 4.79 Å². The van der Waals surface area contributed by atoms with E-state index in [4.69, 9.17) is 9.47 Å². The number of amides is 1. The van der Waals surface area contributed by atoms with Gasteiger partial charge in [0.1, 0.15) is 11.5 Å². The molecule has 20 heavy (non-hydrogen) atoms. The second-order valence-electron chi connectivity index (χ2n) is 4.87. The summed E-state index contributed by atoms with van der Waals surface area (Å²) in [7, 11) is 1.65. The van der Waals surface area contributed by atoms with Gasteiger partial charge in [-0.25, -0.2) is 0 Å². The fourth-order valence-electron chi connectivity index (χ4n) is 2.46. The first kappa shape index (κ1) is 14.4. The molecule has 0 radical (unpaired) electrons. The number of carbonyl (C=O) groups excluding carboxylic acids is 1. The van der Waals surface area contributed by atoms with Crippen molar-refractivity contribution in [2.45, 2.75) is 25.2 Å². The van der Waals surface area contributed by atoms with Gasteiger partial charge in [0.15, 0.2) is 0 Å². The Morgan fingerprint density at radius 2 is 2.45 bits per heavy atom. The van der Waals surface area contributed by atoms with Crippen LogP contribution in [0.5, 0.6) is 11.5 Å². The van der Waals surface area contributed by atoms with Crippen molar-refractivity contribution in [1.82, 2.24) is 5.32 Å². The standard InChI is InChI=1S/C16H21NO3/c1-3-4-16(18)17-9-7-12-8-10-20-15-11-13(19-2)5-6-14(12)15/h3,5-6,11-12H,1,4,7-10H2,2H3,(H,17,18). The van der Waals surface area contributed by atoms with Crippen LogP contribution in [-0.4, -0.2) is 26.2 Å². The number of ether oxygens (including phenoxy) is 2. The number of fused-ring (bicyclic) bond motifs is 1. The Balaban J connectivity index is 1.94. The predicted molar refractivity (Wildman–Crippen MR) is 78.3 cm³/mol. The van der Waals surface area contributed by atoms with E-state index in [1.165, 1.54) is 5.56 Å². The molecule has 1 N–H and O–H groups in total. The van der Waals surface area contributed by atoms with Gasteiger partial charge in [0.25, 0.3) is 0 Å². The van der Waals surface area contributed by atoms with Crippen LogP contribution in [0.15, 0.2) is 30.9 Å². The van der Waals surface area contributed by atoms with Gasteiger partial charge in [0, 0.05) is 19.0 Å². The zero-order chi connectivity index (χ0) is 14.4. The highest BCUT2D eigenvalue weighted by molar-refractivity contribution is 5.77. The molecule has 1 aliphatic rings. The zero-order valence-electron chi connectivity index (χ0n) is 11.9. The van der Waals surface area contributed by atoms with Crippen LogP contribution < -0.4 is 14.8 Å². The summed E-state index contributed by atoms with van der Waals surface area (Å²) >= 11 is 0. The normalized spacial score (nSPS) is 16.8. The average molecular weight is 275 g/mol. The molecule has 1 aromatic rings. The second kappa shape index (κ2) is 6.98. The molecule has 0 spiro atoms. The van der Waals surface area contributed by atoms with Crippen LogP contribution in [0.1, 0.15) is 30.7 Å². The Labute approximate surface area is 119 Å². The van der Waals surface area contributed by atoms with Gasteiger partial charge in [0.05, 0.1) is 13.7 Å². The minimum absolute atomic E-state index is 0.0296. The molecule has 1 amide bonds. The number of carbonyl (C=O) groups is 1. The van der Waals surface area contributed by atoms with Crippen molar-refractivity contribution in [3.63, 3.8) is 0 Å². The van der Waals surface area contributed by atoms with Crippen molar-refractivity contribution in [3.05, 3.63) is 36.4 Å². The molecule has 0 aromatic heterocycles. The van der Waals surface area contributed by atoms with Gasteiger partial charge < -0.3 is 14.8 Å². The molecule has 2 rings (SSSR count). The number of methoxy groups -OCH3 is 1. The van der Waals surface area contributed by atoms with Crippen LogP contribution in [0.2, 0.25) is 0 Å². The summed E-state index contributed by atoms with van der Waals surface area (Å²) in [5.74, 6) is 2.16. The molecule has 4 nitrogen and oxygen atoms in total. The molecule has 0 saturated carbocycles. The van der Waals surface area contributed by atoms with Gasteiger partial charge in [0.2, 0.25) is 5.91 Å². The number of hydrogen-bond acceptors (Lipinski definition) is 3. The van der Waals surface area contributed by atoms with E-state index in [1.54, 1.807) is 13.2 Å². The quantitative estimate of drug-likeness (QED) is 0.812. The molecule has 0 fully saturated rings. The summed E-state index contributed by atoms with van der Waals surface area (Å²) in [6, 6.07) is 5.94. The third-order valence-corrected chi connectivity index (χ3v) is 3.53. The molecule has 1 heterocycles. The van der Waals surface area contributed by atoms with Gasteiger partial charge in [-0.05, 0) is 30.4 Å². The molecule has 108 valence electrons. The summed E-state index contributed by atoms with van der Waals surface area (Å²) in [5, 5.41) is 2.91. The summed E-state index contributed by atoms with van der Waals surface area (Å²) in [4.78, 5) is 11.4. The largest absolute Gasteiger partial charge is 0.497 e. The monoisotopic (exact) mass is 275 g/mol. The van der Waals surface area contributed by atoms with E-state index in [-0.39, 0.29) is 5.91 Å². The lowest BCUT2D eigenvalue weighted by atomic mass is 9.90. The first-order valence-electron chi connectivity index (χ1n) is 6.93. The topological polar surface area (TPSA) is 47.6 Å². The molecule has 4 heteroatoms. The molecule has 1 atom stereocenters. The van der Waals surface area contributed by atoms with Crippen LogP contribution in [0.25, 0.3) is 0 Å². The Hall–Kier alpha value is -1.97. The van der Waals surface area contributed by atoms with Gasteiger partial charge in [-0.3, -0.25) is 4.79 Å². The summed E-state index contributed by atoms with van der Waals surface area (Å²) < 4.78 is 10.9. The Morgan fingerprint density at radius 3 is 3.20 bits per heavy atom. The van der Waals surface area contributed by atoms with Crippen molar-refractivity contribution in [2.75, 3.05) is 20.3 Å². The summed E-state index contributed by atoms with van der Waals surface area (Å²) in [6.07, 6.45) is 3.90. The maximum atomic E-state index is 11.4. The maximum Gasteiger partial charge on any atom is 0.223 e. The zero-order valence-corrected chi connectivity index (χ0v) is 11.9. The number of nitrogens with one attached hydrogen (secondary N) is 1. The first-order chi connectivity index (χ1) is 9.74. The van der Waals surface area contributed by atoms with Gasteiger partial charge in [-0.1, -0.05) is 12.1 Å². The molecular formula is C16H21NO3. The van der Waals surface area contributed by atoms with E-state index in [0.717, 1.165) is 24.3 Å². The SMILES string of the molecule is C=CCC(=O)NCCC1CCOc2cc(OC)ccc21. The highest BCUT2D eigenvalue weighted by atomic mass is 16.5. The summed E-state index contributed by atoms with van der Waals surface area (Å²) in [5.41, 5.74) is 1.20. The van der Waals surface area contributed by atoms with E-state index >= 15 is 0 Å². The van der Waals surface area contributed by atoms with E-state index in [2.05, 4.69) is 18.0 Å². The van der Waals surface area contributed by atoms with Gasteiger partial charge >= 0.3 is 0 Å². The molecule has 1 aliphatic heterocycles. The van der Waals surface area contributed by atoms with E-state index in [9.17, 15) is 4.79 Å². The highest BCUT2D eigenvalue weighted by Gasteiger charge is 2.21. The van der Waals surface area contributed by atoms with Gasteiger partial charge in [-0.15, -0.1) is 6.58 Å². The minimum atomic E-state index is 0.0296. The molecule has 0 aliphatic carbocycles. The lowest BCUT2D eigenvalue weighted by molar-refractivity contribution is -0.120. The third kappa shape index (κ3) is 3.53. The third-order valence-electron chi connectivity index (χ3n) is 3.53. The van der Waals surface area contributed by atoms with E-state index in [1.807, 2.05) is 12.1 Å². The Bertz CT molecular complexity index is 485. The maximum absolute atomic E-state index is 11.4. The van der Waals surface area contributed by atoms with Crippen LogP contribution in [0, 0.1) is 0 Å². The van der Waals surface area contributed by atoms with Crippen molar-refractivity contribution in [1.29, 1.82) is 0 Å². The molecule has 1 unspecified atom stereocenters.